The number of hydrazine groups is 1. The third kappa shape index (κ3) is 15.9. The van der Waals surface area contributed by atoms with Gasteiger partial charge in [0.25, 0.3) is 0 Å². The summed E-state index contributed by atoms with van der Waals surface area (Å²) in [6.45, 7) is 0. The third-order valence-electron chi connectivity index (χ3n) is 1.10. The van der Waals surface area contributed by atoms with E-state index in [1.807, 2.05) is 0 Å². The Labute approximate surface area is 71.2 Å². The van der Waals surface area contributed by atoms with E-state index in [1.54, 1.807) is 0 Å². The number of nitrogens with two attached hydrogens (primary N) is 4. The van der Waals surface area contributed by atoms with Crippen molar-refractivity contribution in [1.29, 1.82) is 0 Å². The molecule has 0 fully saturated rings. The summed E-state index contributed by atoms with van der Waals surface area (Å²) in [6, 6.07) is 0. The van der Waals surface area contributed by atoms with Crippen molar-refractivity contribution in [2.75, 3.05) is 0 Å². The van der Waals surface area contributed by atoms with Gasteiger partial charge in [0, 0.05) is 12.8 Å². The number of carbonyl (C=O) groups is 2. The van der Waals surface area contributed by atoms with Gasteiger partial charge in [-0.05, 0) is 12.8 Å². The smallest absolute Gasteiger partial charge is 0.217 e. The zero-order valence-electron chi connectivity index (χ0n) is 6.95. The molecule has 72 valence electrons. The Morgan fingerprint density at radius 2 is 1.08 bits per heavy atom. The fourth-order valence-corrected chi connectivity index (χ4v) is 0.598. The highest BCUT2D eigenvalue weighted by molar-refractivity contribution is 5.74. The molecule has 2 amide bonds. The minimum absolute atomic E-state index is 0.329. The molecule has 0 unspecified atom stereocenters. The number of rotatable bonds is 5. The zero-order valence-corrected chi connectivity index (χ0v) is 6.95. The molecule has 0 aliphatic carbocycles. The molecule has 0 saturated carbocycles. The normalized spacial score (nSPS) is 8.17. The first-order chi connectivity index (χ1) is 5.63. The zero-order chi connectivity index (χ0) is 9.98. The maximum Gasteiger partial charge on any atom is 0.217 e. The molecule has 6 nitrogen and oxygen atoms in total. The molecule has 0 aliphatic rings. The van der Waals surface area contributed by atoms with Gasteiger partial charge in [0.2, 0.25) is 11.8 Å². The van der Waals surface area contributed by atoms with Crippen molar-refractivity contribution in [2.45, 2.75) is 25.7 Å². The number of hydrogen-bond acceptors (Lipinski definition) is 4. The van der Waals surface area contributed by atoms with Crippen LogP contribution in [-0.2, 0) is 9.59 Å². The summed E-state index contributed by atoms with van der Waals surface area (Å²) >= 11 is 0. The van der Waals surface area contributed by atoms with E-state index in [9.17, 15) is 9.59 Å². The van der Waals surface area contributed by atoms with Crippen LogP contribution in [-0.4, -0.2) is 11.8 Å². The maximum absolute atomic E-state index is 10.2. The molecule has 0 aromatic rings. The second-order valence-corrected chi connectivity index (χ2v) is 2.14. The minimum atomic E-state index is -0.329. The topological polar surface area (TPSA) is 138 Å². The Balaban J connectivity index is 0. The van der Waals surface area contributed by atoms with E-state index in [4.69, 9.17) is 11.5 Å². The monoisotopic (exact) mass is 176 g/mol. The van der Waals surface area contributed by atoms with Crippen LogP contribution in [0.2, 0.25) is 0 Å². The fourth-order valence-electron chi connectivity index (χ4n) is 0.598. The van der Waals surface area contributed by atoms with Crippen molar-refractivity contribution in [3.8, 4) is 0 Å². The van der Waals surface area contributed by atoms with Crippen LogP contribution in [0.15, 0.2) is 0 Å². The Hall–Kier alpha value is -1.14. The number of primary amides is 2. The van der Waals surface area contributed by atoms with Gasteiger partial charge in [-0.2, -0.15) is 0 Å². The highest BCUT2D eigenvalue weighted by Gasteiger charge is 1.96. The lowest BCUT2D eigenvalue weighted by Gasteiger charge is -1.93. The van der Waals surface area contributed by atoms with E-state index in [2.05, 4.69) is 11.7 Å². The molecule has 0 atom stereocenters. The molecular weight excluding hydrogens is 160 g/mol. The molecule has 6 heteroatoms. The largest absolute Gasteiger partial charge is 0.370 e. The molecule has 0 rings (SSSR count). The van der Waals surface area contributed by atoms with Gasteiger partial charge in [0.05, 0.1) is 0 Å². The first-order valence-corrected chi connectivity index (χ1v) is 3.53. The number of hydrogen-bond donors (Lipinski definition) is 4. The van der Waals surface area contributed by atoms with E-state index in [1.165, 1.54) is 0 Å². The highest BCUT2D eigenvalue weighted by atomic mass is 16.1. The Bertz CT molecular complexity index is 122. The first-order valence-electron chi connectivity index (χ1n) is 3.53. The van der Waals surface area contributed by atoms with Crippen LogP contribution in [0.25, 0.3) is 0 Å². The van der Waals surface area contributed by atoms with E-state index < -0.39 is 0 Å². The van der Waals surface area contributed by atoms with Gasteiger partial charge in [-0.1, -0.05) is 0 Å². The summed E-state index contributed by atoms with van der Waals surface area (Å²) in [6.07, 6.45) is 1.98. The predicted molar refractivity (Wildman–Crippen MR) is 45.2 cm³/mol. The van der Waals surface area contributed by atoms with Crippen molar-refractivity contribution < 1.29 is 9.59 Å². The van der Waals surface area contributed by atoms with Crippen molar-refractivity contribution in [3.05, 3.63) is 0 Å². The summed E-state index contributed by atoms with van der Waals surface area (Å²) < 4.78 is 0. The fraction of sp³-hybridized carbons (Fsp3) is 0.667. The van der Waals surface area contributed by atoms with Gasteiger partial charge in [0.1, 0.15) is 0 Å². The second kappa shape index (κ2) is 9.86. The van der Waals surface area contributed by atoms with Gasteiger partial charge in [-0.3, -0.25) is 21.3 Å². The van der Waals surface area contributed by atoms with E-state index in [-0.39, 0.29) is 11.8 Å². The van der Waals surface area contributed by atoms with Crippen LogP contribution in [0, 0.1) is 0 Å². The summed E-state index contributed by atoms with van der Waals surface area (Å²) in [5.74, 6) is 7.34. The summed E-state index contributed by atoms with van der Waals surface area (Å²) in [7, 11) is 0. The Morgan fingerprint density at radius 1 is 0.833 bits per heavy atom. The Kier molecular flexibility index (Phi) is 11.1. The summed E-state index contributed by atoms with van der Waals surface area (Å²) in [5, 5.41) is 0. The standard InChI is InChI=1S/C6H12N2O2.H4N2/c7-5(9)3-1-2-4-6(8)10;1-2/h1-4H2,(H2,7,9)(H2,8,10);1-2H2. The van der Waals surface area contributed by atoms with Crippen molar-refractivity contribution in [3.63, 3.8) is 0 Å². The molecule has 0 aromatic carbocycles. The second-order valence-electron chi connectivity index (χ2n) is 2.14. The average Bonchev–Trinajstić information content (AvgIpc) is 2.02. The molecule has 0 heterocycles. The van der Waals surface area contributed by atoms with Crippen LogP contribution in [0.5, 0.6) is 0 Å². The van der Waals surface area contributed by atoms with Crippen molar-refractivity contribution >= 4 is 11.8 Å². The number of carbonyl (C=O) groups excluding carboxylic acids is 2. The van der Waals surface area contributed by atoms with E-state index in [0.717, 1.165) is 0 Å². The van der Waals surface area contributed by atoms with Crippen LogP contribution in [0.1, 0.15) is 25.7 Å². The quantitative estimate of drug-likeness (QED) is 0.226. The first kappa shape index (κ1) is 13.4. The molecular formula is C6H16N4O2. The highest BCUT2D eigenvalue weighted by Crippen LogP contribution is 1.97. The van der Waals surface area contributed by atoms with E-state index in [0.29, 0.717) is 25.7 Å². The SMILES string of the molecule is NC(=O)CCCCC(N)=O.NN. The Morgan fingerprint density at radius 3 is 1.25 bits per heavy atom. The molecule has 0 radical (unpaired) electrons. The van der Waals surface area contributed by atoms with Gasteiger partial charge in [-0.25, -0.2) is 0 Å². The summed E-state index contributed by atoms with van der Waals surface area (Å²) in [4.78, 5) is 20.3. The van der Waals surface area contributed by atoms with Gasteiger partial charge >= 0.3 is 0 Å². The molecule has 0 spiro atoms. The lowest BCUT2D eigenvalue weighted by molar-refractivity contribution is -0.119. The number of amides is 2. The van der Waals surface area contributed by atoms with Crippen LogP contribution >= 0.6 is 0 Å². The average molecular weight is 176 g/mol. The van der Waals surface area contributed by atoms with Gasteiger partial charge in [-0.15, -0.1) is 0 Å². The molecule has 0 saturated heterocycles. The predicted octanol–water partition coefficient (Wildman–Crippen LogP) is -1.66. The third-order valence-corrected chi connectivity index (χ3v) is 1.10. The van der Waals surface area contributed by atoms with Crippen molar-refractivity contribution in [2.24, 2.45) is 23.2 Å². The molecule has 8 N–H and O–H groups in total. The van der Waals surface area contributed by atoms with Crippen molar-refractivity contribution in [1.82, 2.24) is 0 Å². The molecule has 12 heavy (non-hydrogen) atoms. The molecule has 0 aromatic heterocycles. The van der Waals surface area contributed by atoms with E-state index >= 15 is 0 Å². The van der Waals surface area contributed by atoms with Gasteiger partial charge in [0.15, 0.2) is 0 Å². The van der Waals surface area contributed by atoms with Gasteiger partial charge < -0.3 is 11.5 Å². The molecule has 0 bridgehead atoms. The minimum Gasteiger partial charge on any atom is -0.370 e. The lowest BCUT2D eigenvalue weighted by Crippen LogP contribution is -2.12. The number of unbranched alkanes of at least 4 members (excludes halogenated alkanes) is 1. The maximum atomic E-state index is 10.2. The molecule has 0 aliphatic heterocycles. The van der Waals surface area contributed by atoms with Crippen LogP contribution in [0.3, 0.4) is 0 Å². The van der Waals surface area contributed by atoms with Crippen LogP contribution < -0.4 is 23.2 Å². The van der Waals surface area contributed by atoms with Crippen LogP contribution in [0.4, 0.5) is 0 Å². The summed E-state index contributed by atoms with van der Waals surface area (Å²) in [5.41, 5.74) is 9.71. The lowest BCUT2D eigenvalue weighted by atomic mass is 10.2.